The van der Waals surface area contributed by atoms with Crippen LogP contribution in [0.3, 0.4) is 0 Å². The summed E-state index contributed by atoms with van der Waals surface area (Å²) in [6, 6.07) is 4.69. The van der Waals surface area contributed by atoms with E-state index in [0.29, 0.717) is 12.1 Å². The van der Waals surface area contributed by atoms with Crippen LogP contribution in [-0.4, -0.2) is 20.2 Å². The van der Waals surface area contributed by atoms with Crippen LogP contribution >= 0.6 is 0 Å². The molecule has 0 fully saturated rings. The van der Waals surface area contributed by atoms with Crippen LogP contribution in [0, 0.1) is 17.7 Å². The molecule has 0 heterocycles. The molecular weight excluding hydrogens is 193 g/mol. The van der Waals surface area contributed by atoms with Crippen LogP contribution in [0.5, 0.6) is 5.75 Å². The maximum Gasteiger partial charge on any atom is 0.166 e. The number of methoxy groups -OCH3 is 1. The predicted molar refractivity (Wildman–Crippen MR) is 58.4 cm³/mol. The lowest BCUT2D eigenvalue weighted by Crippen LogP contribution is -2.11. The van der Waals surface area contributed by atoms with Gasteiger partial charge in [0.1, 0.15) is 0 Å². The summed E-state index contributed by atoms with van der Waals surface area (Å²) in [5, 5.41) is 3.06. The van der Waals surface area contributed by atoms with Crippen molar-refractivity contribution in [3.05, 3.63) is 29.6 Å². The highest BCUT2D eigenvalue weighted by molar-refractivity contribution is 5.39. The highest BCUT2D eigenvalue weighted by Crippen LogP contribution is 2.16. The van der Waals surface area contributed by atoms with E-state index < -0.39 is 0 Å². The van der Waals surface area contributed by atoms with Crippen LogP contribution in [-0.2, 0) is 0 Å². The summed E-state index contributed by atoms with van der Waals surface area (Å²) in [6.45, 7) is 3.50. The van der Waals surface area contributed by atoms with Gasteiger partial charge in [0, 0.05) is 5.56 Å². The monoisotopic (exact) mass is 207 g/mol. The zero-order valence-electron chi connectivity index (χ0n) is 8.93. The fourth-order valence-electron chi connectivity index (χ4n) is 1.08. The van der Waals surface area contributed by atoms with Crippen molar-refractivity contribution in [1.82, 2.24) is 5.32 Å². The third-order valence-corrected chi connectivity index (χ3v) is 1.85. The number of hydrogen-bond donors (Lipinski definition) is 1. The van der Waals surface area contributed by atoms with Crippen molar-refractivity contribution in [2.75, 3.05) is 20.2 Å². The van der Waals surface area contributed by atoms with E-state index >= 15 is 0 Å². The van der Waals surface area contributed by atoms with Crippen molar-refractivity contribution >= 4 is 0 Å². The molecule has 0 atom stereocenters. The van der Waals surface area contributed by atoms with E-state index in [1.54, 1.807) is 12.1 Å². The van der Waals surface area contributed by atoms with E-state index in [4.69, 9.17) is 4.74 Å². The third-order valence-electron chi connectivity index (χ3n) is 1.85. The van der Waals surface area contributed by atoms with Crippen molar-refractivity contribution in [1.29, 1.82) is 0 Å². The van der Waals surface area contributed by atoms with E-state index in [9.17, 15) is 4.39 Å². The normalized spacial score (nSPS) is 9.27. The Morgan fingerprint density at radius 2 is 2.27 bits per heavy atom. The molecule has 1 aromatic rings. The summed E-state index contributed by atoms with van der Waals surface area (Å²) in [5.74, 6) is 5.62. The number of benzene rings is 1. The molecule has 0 amide bonds. The molecule has 0 aliphatic carbocycles. The molecule has 1 N–H and O–H groups in total. The molecule has 15 heavy (non-hydrogen) atoms. The zero-order chi connectivity index (χ0) is 11.1. The molecule has 3 heteroatoms. The highest BCUT2D eigenvalue weighted by atomic mass is 19.1. The van der Waals surface area contributed by atoms with Crippen LogP contribution in [0.4, 0.5) is 4.39 Å². The molecule has 0 aliphatic heterocycles. The summed E-state index contributed by atoms with van der Waals surface area (Å²) in [5.41, 5.74) is 0.659. The number of rotatable bonds is 3. The van der Waals surface area contributed by atoms with Gasteiger partial charge in [-0.2, -0.15) is 0 Å². The van der Waals surface area contributed by atoms with Crippen molar-refractivity contribution in [3.63, 3.8) is 0 Å². The first-order valence-corrected chi connectivity index (χ1v) is 4.81. The van der Waals surface area contributed by atoms with Gasteiger partial charge in [0.05, 0.1) is 13.7 Å². The van der Waals surface area contributed by atoms with Gasteiger partial charge in [0.2, 0.25) is 0 Å². The molecule has 2 nitrogen and oxygen atoms in total. The first-order chi connectivity index (χ1) is 7.27. The van der Waals surface area contributed by atoms with Crippen molar-refractivity contribution < 1.29 is 9.13 Å². The Labute approximate surface area is 89.4 Å². The molecule has 0 radical (unpaired) electrons. The first kappa shape index (κ1) is 11.5. The minimum absolute atomic E-state index is 0.243. The van der Waals surface area contributed by atoms with Crippen molar-refractivity contribution in [2.24, 2.45) is 0 Å². The highest BCUT2D eigenvalue weighted by Gasteiger charge is 2.00. The van der Waals surface area contributed by atoms with Gasteiger partial charge >= 0.3 is 0 Å². The Morgan fingerprint density at radius 1 is 1.47 bits per heavy atom. The number of hydrogen-bond acceptors (Lipinski definition) is 2. The Hall–Kier alpha value is -1.53. The lowest BCUT2D eigenvalue weighted by atomic mass is 10.2. The largest absolute Gasteiger partial charge is 0.494 e. The number of ether oxygens (including phenoxy) is 1. The summed E-state index contributed by atoms with van der Waals surface area (Å²) in [6.07, 6.45) is 0. The van der Waals surface area contributed by atoms with Gasteiger partial charge in [0.15, 0.2) is 11.6 Å². The van der Waals surface area contributed by atoms with Gasteiger partial charge in [0.25, 0.3) is 0 Å². The standard InChI is InChI=1S/C12H14FNO/c1-3-14-8-4-5-10-6-7-12(15-2)11(13)9-10/h6-7,9,14H,3,8H2,1-2H3. The molecule has 0 bridgehead atoms. The molecule has 80 valence electrons. The van der Waals surface area contributed by atoms with Crippen LogP contribution in [0.1, 0.15) is 12.5 Å². The smallest absolute Gasteiger partial charge is 0.166 e. The molecule has 0 aromatic heterocycles. The van der Waals surface area contributed by atoms with Gasteiger partial charge in [-0.1, -0.05) is 18.8 Å². The zero-order valence-corrected chi connectivity index (χ0v) is 8.93. The van der Waals surface area contributed by atoms with E-state index in [-0.39, 0.29) is 11.6 Å². The summed E-state index contributed by atoms with van der Waals surface area (Å²) in [7, 11) is 1.44. The van der Waals surface area contributed by atoms with Crippen LogP contribution in [0.2, 0.25) is 0 Å². The molecule has 0 spiro atoms. The van der Waals surface area contributed by atoms with E-state index in [1.807, 2.05) is 6.92 Å². The average molecular weight is 207 g/mol. The maximum atomic E-state index is 13.2. The molecule has 1 aromatic carbocycles. The van der Waals surface area contributed by atoms with Gasteiger partial charge in [-0.3, -0.25) is 0 Å². The molecule has 0 saturated carbocycles. The molecule has 1 rings (SSSR count). The van der Waals surface area contributed by atoms with E-state index in [2.05, 4.69) is 17.2 Å². The van der Waals surface area contributed by atoms with Crippen LogP contribution < -0.4 is 10.1 Å². The van der Waals surface area contributed by atoms with Gasteiger partial charge in [-0.25, -0.2) is 4.39 Å². The summed E-state index contributed by atoms with van der Waals surface area (Å²) >= 11 is 0. The average Bonchev–Trinajstić information content (AvgIpc) is 2.25. The van der Waals surface area contributed by atoms with E-state index in [1.165, 1.54) is 13.2 Å². The van der Waals surface area contributed by atoms with Crippen molar-refractivity contribution in [2.45, 2.75) is 6.92 Å². The van der Waals surface area contributed by atoms with Crippen molar-refractivity contribution in [3.8, 4) is 17.6 Å². The summed E-state index contributed by atoms with van der Waals surface area (Å²) < 4.78 is 18.0. The quantitative estimate of drug-likeness (QED) is 0.602. The lowest BCUT2D eigenvalue weighted by molar-refractivity contribution is 0.386. The minimum Gasteiger partial charge on any atom is -0.494 e. The van der Waals surface area contributed by atoms with Gasteiger partial charge in [-0.15, -0.1) is 0 Å². The fraction of sp³-hybridized carbons (Fsp3) is 0.333. The topological polar surface area (TPSA) is 21.3 Å². The molecule has 0 aliphatic rings. The predicted octanol–water partition coefficient (Wildman–Crippen LogP) is 1.80. The second kappa shape index (κ2) is 6.05. The molecule has 0 saturated heterocycles. The fourth-order valence-corrected chi connectivity index (χ4v) is 1.08. The lowest BCUT2D eigenvalue weighted by Gasteiger charge is -2.00. The molecular formula is C12H14FNO. The molecule has 0 unspecified atom stereocenters. The number of halogens is 1. The van der Waals surface area contributed by atoms with Crippen LogP contribution in [0.25, 0.3) is 0 Å². The second-order valence-electron chi connectivity index (χ2n) is 2.93. The third kappa shape index (κ3) is 3.61. The second-order valence-corrected chi connectivity index (χ2v) is 2.93. The maximum absolute atomic E-state index is 13.2. The first-order valence-electron chi connectivity index (χ1n) is 4.81. The van der Waals surface area contributed by atoms with Gasteiger partial charge in [-0.05, 0) is 24.7 Å². The van der Waals surface area contributed by atoms with Gasteiger partial charge < -0.3 is 10.1 Å². The SMILES string of the molecule is CCNCC#Cc1ccc(OC)c(F)c1. The van der Waals surface area contributed by atoms with Crippen LogP contribution in [0.15, 0.2) is 18.2 Å². The Balaban J connectivity index is 2.69. The summed E-state index contributed by atoms with van der Waals surface area (Å²) in [4.78, 5) is 0. The van der Waals surface area contributed by atoms with E-state index in [0.717, 1.165) is 6.54 Å². The minimum atomic E-state index is -0.382. The Bertz CT molecular complexity index is 379. The Morgan fingerprint density at radius 3 is 2.87 bits per heavy atom. The number of nitrogens with one attached hydrogen (secondary N) is 1. The Kier molecular flexibility index (Phi) is 4.65.